The Morgan fingerprint density at radius 1 is 1.28 bits per heavy atom. The number of anilines is 1. The largest absolute Gasteiger partial charge is 0.497 e. The normalized spacial score (nSPS) is 10.5. The minimum absolute atomic E-state index is 0.00967. The molecular weight excluding hydrogens is 410 g/mol. The van der Waals surface area contributed by atoms with Crippen LogP contribution in [0.1, 0.15) is 12.8 Å². The number of methoxy groups -OCH3 is 1. The average Bonchev–Trinajstić information content (AvgIpc) is 3.20. The lowest BCUT2D eigenvalue weighted by Crippen LogP contribution is -2.11. The van der Waals surface area contributed by atoms with Crippen molar-refractivity contribution in [1.82, 2.24) is 4.98 Å². The van der Waals surface area contributed by atoms with E-state index in [0.717, 1.165) is 22.8 Å². The van der Waals surface area contributed by atoms with Crippen LogP contribution in [0.2, 0.25) is 0 Å². The highest BCUT2D eigenvalue weighted by atomic mass is 32.2. The van der Waals surface area contributed by atoms with Crippen LogP contribution >= 0.6 is 23.1 Å². The lowest BCUT2D eigenvalue weighted by Gasteiger charge is -2.04. The number of non-ortho nitro benzene ring substituents is 1. The molecule has 3 rings (SSSR count). The minimum Gasteiger partial charge on any atom is -0.497 e. The van der Waals surface area contributed by atoms with Crippen LogP contribution in [0.3, 0.4) is 0 Å². The summed E-state index contributed by atoms with van der Waals surface area (Å²) in [6, 6.07) is 14.1. The number of benzene rings is 2. The summed E-state index contributed by atoms with van der Waals surface area (Å²) in [5.41, 5.74) is 1.26. The molecule has 0 aliphatic carbocycles. The van der Waals surface area contributed by atoms with E-state index < -0.39 is 4.92 Å². The number of carbonyl (C=O) groups is 1. The Kier molecular flexibility index (Phi) is 7.20. The molecule has 0 atom stereocenters. The van der Waals surface area contributed by atoms with Gasteiger partial charge in [0.2, 0.25) is 5.91 Å². The van der Waals surface area contributed by atoms with Crippen molar-refractivity contribution in [1.29, 1.82) is 0 Å². The number of nitrogens with one attached hydrogen (secondary N) is 1. The molecule has 0 fully saturated rings. The van der Waals surface area contributed by atoms with Crippen molar-refractivity contribution in [2.45, 2.75) is 17.7 Å². The van der Waals surface area contributed by atoms with Crippen molar-refractivity contribution in [2.75, 3.05) is 18.2 Å². The number of nitrogens with zero attached hydrogens (tertiary/aromatic N) is 2. The van der Waals surface area contributed by atoms with Crippen molar-refractivity contribution in [3.05, 3.63) is 64.0 Å². The maximum Gasteiger partial charge on any atom is 0.270 e. The lowest BCUT2D eigenvalue weighted by atomic mass is 10.1. The highest BCUT2D eigenvalue weighted by molar-refractivity contribution is 7.99. The number of aromatic nitrogens is 1. The Morgan fingerprint density at radius 3 is 2.79 bits per heavy atom. The SMILES string of the molecule is COc1ccc(SCCCC(=O)Nc2nc(-c3cccc([N+](=O)[O-])c3)cs2)cc1. The number of ether oxygens (including phenoxy) is 1. The maximum atomic E-state index is 12.1. The van der Waals surface area contributed by atoms with Gasteiger partial charge in [-0.3, -0.25) is 14.9 Å². The zero-order valence-electron chi connectivity index (χ0n) is 15.7. The van der Waals surface area contributed by atoms with Gasteiger partial charge in [-0.05, 0) is 36.4 Å². The van der Waals surface area contributed by atoms with Gasteiger partial charge in [-0.15, -0.1) is 23.1 Å². The van der Waals surface area contributed by atoms with Crippen LogP contribution in [0.5, 0.6) is 5.75 Å². The van der Waals surface area contributed by atoms with Crippen LogP contribution in [-0.2, 0) is 4.79 Å². The highest BCUT2D eigenvalue weighted by Gasteiger charge is 2.11. The van der Waals surface area contributed by atoms with Crippen LogP contribution in [-0.4, -0.2) is 28.7 Å². The Hall–Kier alpha value is -2.91. The van der Waals surface area contributed by atoms with Crippen molar-refractivity contribution >= 4 is 39.8 Å². The number of nitro benzene ring substituents is 1. The van der Waals surface area contributed by atoms with Crippen molar-refractivity contribution < 1.29 is 14.5 Å². The summed E-state index contributed by atoms with van der Waals surface area (Å²) in [6.45, 7) is 0. The topological polar surface area (TPSA) is 94.4 Å². The van der Waals surface area contributed by atoms with Gasteiger partial charge in [0.15, 0.2) is 5.13 Å². The summed E-state index contributed by atoms with van der Waals surface area (Å²) in [5.74, 6) is 1.55. The molecule has 2 aromatic carbocycles. The van der Waals surface area contributed by atoms with Gasteiger partial charge in [-0.25, -0.2) is 4.98 Å². The average molecular weight is 430 g/mol. The van der Waals surface area contributed by atoms with Crippen molar-refractivity contribution in [3.8, 4) is 17.0 Å². The molecule has 0 aliphatic rings. The van der Waals surface area contributed by atoms with E-state index in [-0.39, 0.29) is 11.6 Å². The summed E-state index contributed by atoms with van der Waals surface area (Å²) in [6.07, 6.45) is 1.14. The number of hydrogen-bond acceptors (Lipinski definition) is 7. The fraction of sp³-hybridized carbons (Fsp3) is 0.200. The molecule has 0 spiro atoms. The van der Waals surface area contributed by atoms with Gasteiger partial charge in [-0.1, -0.05) is 12.1 Å². The van der Waals surface area contributed by atoms with Gasteiger partial charge in [0.05, 0.1) is 17.7 Å². The second-order valence-corrected chi connectivity index (χ2v) is 8.05. The molecule has 0 bridgehead atoms. The molecular formula is C20H19N3O4S2. The van der Waals surface area contributed by atoms with E-state index in [1.807, 2.05) is 24.3 Å². The van der Waals surface area contributed by atoms with Gasteiger partial charge in [0.25, 0.3) is 5.69 Å². The Bertz CT molecular complexity index is 989. The summed E-state index contributed by atoms with van der Waals surface area (Å²) < 4.78 is 5.13. The number of thioether (sulfide) groups is 1. The quantitative estimate of drug-likeness (QED) is 0.216. The van der Waals surface area contributed by atoms with Gasteiger partial charge < -0.3 is 10.1 Å². The fourth-order valence-electron chi connectivity index (χ4n) is 2.52. The van der Waals surface area contributed by atoms with Crippen LogP contribution in [0, 0.1) is 10.1 Å². The Labute approximate surface area is 176 Å². The second-order valence-electron chi connectivity index (χ2n) is 6.02. The standard InChI is InChI=1S/C20H19N3O4S2/c1-27-16-7-9-17(10-8-16)28-11-3-6-19(24)22-20-21-18(13-29-20)14-4-2-5-15(12-14)23(25)26/h2,4-5,7-10,12-13H,3,6,11H2,1H3,(H,21,22,24). The predicted molar refractivity (Wildman–Crippen MR) is 116 cm³/mol. The summed E-state index contributed by atoms with van der Waals surface area (Å²) in [5, 5.41) is 16.0. The number of amides is 1. The first-order valence-electron chi connectivity index (χ1n) is 8.82. The van der Waals surface area contributed by atoms with Gasteiger partial charge in [-0.2, -0.15) is 0 Å². The Balaban J connectivity index is 1.46. The van der Waals surface area contributed by atoms with Crippen molar-refractivity contribution in [2.24, 2.45) is 0 Å². The third-order valence-electron chi connectivity index (χ3n) is 3.98. The van der Waals surface area contributed by atoms with Gasteiger partial charge in [0.1, 0.15) is 5.75 Å². The molecule has 1 aromatic heterocycles. The molecule has 0 saturated heterocycles. The summed E-state index contributed by atoms with van der Waals surface area (Å²) in [7, 11) is 1.63. The predicted octanol–water partition coefficient (Wildman–Crippen LogP) is 5.24. The third kappa shape index (κ3) is 6.03. The number of hydrogen-bond donors (Lipinski definition) is 1. The van der Waals surface area contributed by atoms with E-state index in [2.05, 4.69) is 10.3 Å². The van der Waals surface area contributed by atoms with Crippen LogP contribution in [0.4, 0.5) is 10.8 Å². The first kappa shape index (κ1) is 20.8. The molecule has 9 heteroatoms. The zero-order chi connectivity index (χ0) is 20.6. The van der Waals surface area contributed by atoms with E-state index in [1.54, 1.807) is 36.4 Å². The van der Waals surface area contributed by atoms with E-state index in [1.165, 1.54) is 23.5 Å². The van der Waals surface area contributed by atoms with Crippen LogP contribution in [0.15, 0.2) is 58.8 Å². The number of nitro groups is 1. The van der Waals surface area contributed by atoms with E-state index in [4.69, 9.17) is 4.74 Å². The van der Waals surface area contributed by atoms with Gasteiger partial charge >= 0.3 is 0 Å². The molecule has 7 nitrogen and oxygen atoms in total. The summed E-state index contributed by atoms with van der Waals surface area (Å²) in [4.78, 5) is 28.1. The smallest absolute Gasteiger partial charge is 0.270 e. The first-order chi connectivity index (χ1) is 14.0. The molecule has 29 heavy (non-hydrogen) atoms. The summed E-state index contributed by atoms with van der Waals surface area (Å²) >= 11 is 2.99. The molecule has 1 N–H and O–H groups in total. The molecule has 1 heterocycles. The van der Waals surface area contributed by atoms with Crippen molar-refractivity contribution in [3.63, 3.8) is 0 Å². The molecule has 0 saturated carbocycles. The lowest BCUT2D eigenvalue weighted by molar-refractivity contribution is -0.384. The first-order valence-corrected chi connectivity index (χ1v) is 10.7. The molecule has 3 aromatic rings. The Morgan fingerprint density at radius 2 is 2.07 bits per heavy atom. The highest BCUT2D eigenvalue weighted by Crippen LogP contribution is 2.28. The zero-order valence-corrected chi connectivity index (χ0v) is 17.3. The van der Waals surface area contributed by atoms with Crippen LogP contribution < -0.4 is 10.1 Å². The molecule has 0 unspecified atom stereocenters. The maximum absolute atomic E-state index is 12.1. The van der Waals surface area contributed by atoms with E-state index >= 15 is 0 Å². The number of thiazole rings is 1. The van der Waals surface area contributed by atoms with Gasteiger partial charge in [0, 0.05) is 34.4 Å². The third-order valence-corrected chi connectivity index (χ3v) is 5.84. The van der Waals surface area contributed by atoms with E-state index in [0.29, 0.717) is 22.8 Å². The van der Waals surface area contributed by atoms with E-state index in [9.17, 15) is 14.9 Å². The minimum atomic E-state index is -0.442. The van der Waals surface area contributed by atoms with Crippen LogP contribution in [0.25, 0.3) is 11.3 Å². The second kappa shape index (κ2) is 10.0. The monoisotopic (exact) mass is 429 g/mol. The fourth-order valence-corrected chi connectivity index (χ4v) is 4.11. The molecule has 1 amide bonds. The molecule has 0 radical (unpaired) electrons. The molecule has 150 valence electrons. The number of rotatable bonds is 9. The number of carbonyl (C=O) groups excluding carboxylic acids is 1. The molecule has 0 aliphatic heterocycles.